The highest BCUT2D eigenvalue weighted by Gasteiger charge is 2.28. The molecule has 3 rings (SSSR count). The van der Waals surface area contributed by atoms with Gasteiger partial charge in [-0.1, -0.05) is 0 Å². The minimum absolute atomic E-state index is 0.272. The van der Waals surface area contributed by atoms with Gasteiger partial charge >= 0.3 is 0 Å². The molecule has 2 unspecified atom stereocenters. The van der Waals surface area contributed by atoms with E-state index in [9.17, 15) is 8.78 Å². The summed E-state index contributed by atoms with van der Waals surface area (Å²) in [4.78, 5) is 3.90. The summed E-state index contributed by atoms with van der Waals surface area (Å²) in [6, 6.07) is 3.47. The molecule has 8 heteroatoms. The van der Waals surface area contributed by atoms with E-state index in [-0.39, 0.29) is 18.0 Å². The first kappa shape index (κ1) is 20.8. The fourth-order valence-corrected chi connectivity index (χ4v) is 2.98. The maximum Gasteiger partial charge on any atom is 0.157 e. The van der Waals surface area contributed by atoms with Crippen LogP contribution in [0.3, 0.4) is 0 Å². The number of rotatable bonds is 6. The Kier molecular flexibility index (Phi) is 8.47. The molecule has 0 bridgehead atoms. The van der Waals surface area contributed by atoms with Crippen LogP contribution in [-0.2, 0) is 16.0 Å². The van der Waals surface area contributed by atoms with Gasteiger partial charge in [-0.3, -0.25) is 4.68 Å². The molecule has 2 heterocycles. The molecule has 2 aromatic rings. The quantitative estimate of drug-likeness (QED) is 0.768. The van der Waals surface area contributed by atoms with Crippen LogP contribution in [0.25, 0.3) is 0 Å². The Bertz CT molecular complexity index is 652. The van der Waals surface area contributed by atoms with Gasteiger partial charge in [0.1, 0.15) is 24.3 Å². The van der Waals surface area contributed by atoms with Crippen molar-refractivity contribution < 1.29 is 18.3 Å². The average molecular weight is 385 g/mol. The second-order valence-corrected chi connectivity index (χ2v) is 6.03. The Morgan fingerprint density at radius 3 is 2.81 bits per heavy atom. The molecule has 1 saturated heterocycles. The first-order valence-corrected chi connectivity index (χ1v) is 9.52. The molecule has 0 aliphatic carbocycles. The lowest BCUT2D eigenvalue weighted by Gasteiger charge is -2.30. The summed E-state index contributed by atoms with van der Waals surface area (Å²) in [5, 5.41) is 4.07. The first-order chi connectivity index (χ1) is 12.6. The zero-order valence-corrected chi connectivity index (χ0v) is 15.9. The topological polar surface area (TPSA) is 49.2 Å². The molecule has 26 heavy (non-hydrogen) atoms. The number of benzene rings is 1. The third-order valence-electron chi connectivity index (χ3n) is 4.28. The van der Waals surface area contributed by atoms with E-state index in [1.165, 1.54) is 12.4 Å². The highest BCUT2D eigenvalue weighted by molar-refractivity contribution is 7.79. The molecule has 1 fully saturated rings. The Morgan fingerprint density at radius 2 is 2.15 bits per heavy atom. The predicted octanol–water partition coefficient (Wildman–Crippen LogP) is 3.82. The van der Waals surface area contributed by atoms with E-state index in [1.807, 2.05) is 6.92 Å². The smallest absolute Gasteiger partial charge is 0.157 e. The maximum absolute atomic E-state index is 14.3. The molecule has 0 N–H and O–H groups in total. The minimum Gasteiger partial charge on any atom is -0.353 e. The molecule has 1 aliphatic rings. The van der Waals surface area contributed by atoms with E-state index >= 15 is 0 Å². The molecule has 1 aromatic heterocycles. The van der Waals surface area contributed by atoms with E-state index in [1.54, 1.807) is 17.3 Å². The van der Waals surface area contributed by atoms with Crippen molar-refractivity contribution >= 4 is 12.6 Å². The van der Waals surface area contributed by atoms with Crippen molar-refractivity contribution in [2.75, 3.05) is 12.9 Å². The Labute approximate surface area is 158 Å². The number of aromatic nitrogens is 3. The lowest BCUT2D eigenvalue weighted by molar-refractivity contribution is -0.189. The summed E-state index contributed by atoms with van der Waals surface area (Å²) in [7, 11) is 0. The van der Waals surface area contributed by atoms with Crippen LogP contribution >= 0.6 is 12.6 Å². The minimum atomic E-state index is -0.476. The average Bonchev–Trinajstić information content (AvgIpc) is 3.18. The fourth-order valence-electron chi connectivity index (χ4n) is 2.98. The van der Waals surface area contributed by atoms with Gasteiger partial charge in [-0.2, -0.15) is 17.7 Å². The third kappa shape index (κ3) is 5.75. The Hall–Kier alpha value is -1.51. The number of hydrogen-bond acceptors (Lipinski definition) is 5. The van der Waals surface area contributed by atoms with E-state index in [4.69, 9.17) is 9.47 Å². The third-order valence-corrected chi connectivity index (χ3v) is 4.28. The van der Waals surface area contributed by atoms with Crippen molar-refractivity contribution in [3.05, 3.63) is 48.1 Å². The molecule has 1 aliphatic heterocycles. The van der Waals surface area contributed by atoms with Gasteiger partial charge in [-0.25, -0.2) is 13.8 Å². The van der Waals surface area contributed by atoms with Crippen LogP contribution in [0.1, 0.15) is 37.7 Å². The summed E-state index contributed by atoms with van der Waals surface area (Å²) < 4.78 is 41.1. The lowest BCUT2D eigenvalue weighted by Crippen LogP contribution is -2.32. The monoisotopic (exact) mass is 385 g/mol. The summed E-state index contributed by atoms with van der Waals surface area (Å²) in [6.07, 6.45) is 6.86. The van der Waals surface area contributed by atoms with Gasteiger partial charge in [0.25, 0.3) is 0 Å². The van der Waals surface area contributed by atoms with Gasteiger partial charge in [-0.05, 0) is 56.2 Å². The van der Waals surface area contributed by atoms with Gasteiger partial charge in [0, 0.05) is 12.5 Å². The van der Waals surface area contributed by atoms with E-state index in [0.29, 0.717) is 13.2 Å². The van der Waals surface area contributed by atoms with Crippen LogP contribution in [0.4, 0.5) is 8.78 Å². The number of halogens is 2. The second-order valence-electron chi connectivity index (χ2n) is 6.03. The number of thiol groups is 1. The largest absolute Gasteiger partial charge is 0.353 e. The van der Waals surface area contributed by atoms with Crippen molar-refractivity contribution in [3.8, 4) is 0 Å². The SMILES string of the molecule is CS.C[C@@H](OC1CCCCO1)C(Cn1cncn1)c1cc(F)ccc1F. The van der Waals surface area contributed by atoms with Gasteiger partial charge < -0.3 is 9.47 Å². The zero-order chi connectivity index (χ0) is 18.9. The number of hydrogen-bond donors (Lipinski definition) is 1. The molecule has 144 valence electrons. The van der Waals surface area contributed by atoms with Gasteiger partial charge in [0.05, 0.1) is 12.6 Å². The molecular weight excluding hydrogens is 360 g/mol. The van der Waals surface area contributed by atoms with Crippen molar-refractivity contribution in [3.63, 3.8) is 0 Å². The molecule has 0 amide bonds. The molecule has 0 spiro atoms. The van der Waals surface area contributed by atoms with Gasteiger partial charge in [0.2, 0.25) is 0 Å². The van der Waals surface area contributed by atoms with Gasteiger partial charge in [-0.15, -0.1) is 0 Å². The maximum atomic E-state index is 14.3. The summed E-state index contributed by atoms with van der Waals surface area (Å²) in [6.45, 7) is 2.86. The van der Waals surface area contributed by atoms with Crippen molar-refractivity contribution in [2.45, 2.75) is 51.0 Å². The molecule has 0 saturated carbocycles. The second kappa shape index (κ2) is 10.6. The first-order valence-electron chi connectivity index (χ1n) is 8.62. The Morgan fingerprint density at radius 1 is 1.35 bits per heavy atom. The molecule has 0 radical (unpaired) electrons. The van der Waals surface area contributed by atoms with Crippen LogP contribution < -0.4 is 0 Å². The number of ether oxygens (including phenoxy) is 2. The summed E-state index contributed by atoms with van der Waals surface area (Å²) in [5.41, 5.74) is 0.272. The van der Waals surface area contributed by atoms with E-state index in [0.717, 1.165) is 31.4 Å². The predicted molar refractivity (Wildman–Crippen MR) is 98.2 cm³/mol. The highest BCUT2D eigenvalue weighted by atomic mass is 32.1. The summed E-state index contributed by atoms with van der Waals surface area (Å²) >= 11 is 3.53. The highest BCUT2D eigenvalue weighted by Crippen LogP contribution is 2.29. The van der Waals surface area contributed by atoms with Gasteiger partial charge in [0.15, 0.2) is 6.29 Å². The van der Waals surface area contributed by atoms with Crippen molar-refractivity contribution in [1.29, 1.82) is 0 Å². The van der Waals surface area contributed by atoms with Crippen LogP contribution in [0.15, 0.2) is 30.9 Å². The van der Waals surface area contributed by atoms with Crippen molar-refractivity contribution in [1.82, 2.24) is 14.8 Å². The van der Waals surface area contributed by atoms with Crippen LogP contribution in [0, 0.1) is 11.6 Å². The van der Waals surface area contributed by atoms with Crippen LogP contribution in [-0.4, -0.2) is 40.0 Å². The van der Waals surface area contributed by atoms with E-state index in [2.05, 4.69) is 22.7 Å². The van der Waals surface area contributed by atoms with Crippen LogP contribution in [0.5, 0.6) is 0 Å². The lowest BCUT2D eigenvalue weighted by atomic mass is 9.93. The number of nitrogens with zero attached hydrogens (tertiary/aromatic N) is 3. The Balaban J connectivity index is 0.00000117. The fraction of sp³-hybridized carbons (Fsp3) is 0.556. The molecule has 1 aromatic carbocycles. The molecule has 5 nitrogen and oxygen atoms in total. The van der Waals surface area contributed by atoms with Crippen molar-refractivity contribution in [2.24, 2.45) is 0 Å². The normalized spacial score (nSPS) is 19.3. The van der Waals surface area contributed by atoms with Crippen LogP contribution in [0.2, 0.25) is 0 Å². The molecule has 3 atom stereocenters. The zero-order valence-electron chi connectivity index (χ0n) is 15.0. The standard InChI is InChI=1S/C17H21F2N3O2.CH4S/c1-12(24-17-4-2-3-7-23-17)15(9-22-11-20-10-21-22)14-8-13(18)5-6-16(14)19;1-2/h5-6,8,10-12,15,17H,2-4,7,9H2,1H3;2H,1H3/t12-,15?,17?;/m1./s1. The summed E-state index contributed by atoms with van der Waals surface area (Å²) in [5.74, 6) is -1.34. The van der Waals surface area contributed by atoms with E-state index < -0.39 is 17.6 Å². The molecular formula is C18H25F2N3O2S.